The van der Waals surface area contributed by atoms with Crippen molar-refractivity contribution in [1.82, 2.24) is 5.32 Å². The summed E-state index contributed by atoms with van der Waals surface area (Å²) in [6.07, 6.45) is 0.888. The summed E-state index contributed by atoms with van der Waals surface area (Å²) >= 11 is 0. The SMILES string of the molecule is CC1(NC(=O)CCc2ccccc2F)CCS(=O)(=O)C1. The second kappa shape index (κ2) is 5.52. The number of benzene rings is 1. The zero-order valence-electron chi connectivity index (χ0n) is 11.4. The van der Waals surface area contributed by atoms with Crippen molar-refractivity contribution in [2.24, 2.45) is 0 Å². The van der Waals surface area contributed by atoms with E-state index in [9.17, 15) is 17.6 Å². The van der Waals surface area contributed by atoms with E-state index < -0.39 is 15.4 Å². The third kappa shape index (κ3) is 3.79. The van der Waals surface area contributed by atoms with E-state index in [1.807, 2.05) is 0 Å². The molecule has 110 valence electrons. The summed E-state index contributed by atoms with van der Waals surface area (Å²) in [6, 6.07) is 6.33. The third-order valence-electron chi connectivity index (χ3n) is 3.52. The van der Waals surface area contributed by atoms with Gasteiger partial charge in [0.15, 0.2) is 9.84 Å². The number of rotatable bonds is 4. The quantitative estimate of drug-likeness (QED) is 0.915. The monoisotopic (exact) mass is 299 g/mol. The van der Waals surface area contributed by atoms with Gasteiger partial charge in [-0.25, -0.2) is 12.8 Å². The van der Waals surface area contributed by atoms with E-state index in [1.54, 1.807) is 25.1 Å². The molecule has 1 unspecified atom stereocenters. The smallest absolute Gasteiger partial charge is 0.220 e. The van der Waals surface area contributed by atoms with Crippen molar-refractivity contribution in [3.63, 3.8) is 0 Å². The minimum atomic E-state index is -3.05. The Morgan fingerprint density at radius 3 is 2.70 bits per heavy atom. The van der Waals surface area contributed by atoms with E-state index in [-0.39, 0.29) is 29.7 Å². The van der Waals surface area contributed by atoms with Crippen LogP contribution in [0.25, 0.3) is 0 Å². The van der Waals surface area contributed by atoms with Gasteiger partial charge >= 0.3 is 0 Å². The normalized spacial score (nSPS) is 24.5. The van der Waals surface area contributed by atoms with Crippen molar-refractivity contribution in [1.29, 1.82) is 0 Å². The number of nitrogens with one attached hydrogen (secondary N) is 1. The highest BCUT2D eigenvalue weighted by Gasteiger charge is 2.39. The number of carbonyl (C=O) groups is 1. The molecule has 1 atom stereocenters. The third-order valence-corrected chi connectivity index (χ3v) is 5.43. The number of hydrogen-bond acceptors (Lipinski definition) is 3. The molecule has 1 N–H and O–H groups in total. The van der Waals surface area contributed by atoms with Crippen LogP contribution in [-0.2, 0) is 21.1 Å². The molecule has 1 fully saturated rings. The number of hydrogen-bond donors (Lipinski definition) is 1. The van der Waals surface area contributed by atoms with Gasteiger partial charge in [0.2, 0.25) is 5.91 Å². The van der Waals surface area contributed by atoms with Crippen LogP contribution in [-0.4, -0.2) is 31.4 Å². The minimum Gasteiger partial charge on any atom is -0.350 e. The number of halogens is 1. The molecule has 0 saturated carbocycles. The van der Waals surface area contributed by atoms with Crippen LogP contribution in [0, 0.1) is 5.82 Å². The summed E-state index contributed by atoms with van der Waals surface area (Å²) in [5.41, 5.74) is -0.197. The van der Waals surface area contributed by atoms with Gasteiger partial charge < -0.3 is 5.32 Å². The fourth-order valence-electron chi connectivity index (χ4n) is 2.46. The summed E-state index contributed by atoms with van der Waals surface area (Å²) in [4.78, 5) is 11.9. The Labute approximate surface area is 118 Å². The average Bonchev–Trinajstić information content (AvgIpc) is 2.62. The molecule has 20 heavy (non-hydrogen) atoms. The first-order valence-electron chi connectivity index (χ1n) is 6.55. The maximum atomic E-state index is 13.4. The maximum Gasteiger partial charge on any atom is 0.220 e. The Kier molecular flexibility index (Phi) is 4.13. The second-order valence-electron chi connectivity index (χ2n) is 5.54. The summed E-state index contributed by atoms with van der Waals surface area (Å²) in [5, 5.41) is 2.76. The van der Waals surface area contributed by atoms with Gasteiger partial charge in [-0.15, -0.1) is 0 Å². The maximum absolute atomic E-state index is 13.4. The molecule has 0 bridgehead atoms. The van der Waals surface area contributed by atoms with Gasteiger partial charge in [-0.05, 0) is 31.4 Å². The van der Waals surface area contributed by atoms with E-state index in [0.717, 1.165) is 0 Å². The molecule has 1 aromatic carbocycles. The van der Waals surface area contributed by atoms with Crippen LogP contribution in [0.1, 0.15) is 25.3 Å². The molecule has 0 spiro atoms. The second-order valence-corrected chi connectivity index (χ2v) is 7.73. The summed E-state index contributed by atoms with van der Waals surface area (Å²) in [5.74, 6) is -0.481. The molecule has 0 radical (unpaired) electrons. The average molecular weight is 299 g/mol. The van der Waals surface area contributed by atoms with E-state index >= 15 is 0 Å². The molecule has 1 aromatic rings. The molecule has 1 heterocycles. The van der Waals surface area contributed by atoms with Crippen molar-refractivity contribution >= 4 is 15.7 Å². The Morgan fingerprint density at radius 2 is 2.10 bits per heavy atom. The zero-order chi connectivity index (χ0) is 14.8. The molecule has 1 aliphatic heterocycles. The van der Waals surface area contributed by atoms with Crippen LogP contribution in [0.3, 0.4) is 0 Å². The standard InChI is InChI=1S/C14H18FNO3S/c1-14(8-9-20(18,19)10-14)16-13(17)7-6-11-4-2-3-5-12(11)15/h2-5H,6-10H2,1H3,(H,16,17). The van der Waals surface area contributed by atoms with Gasteiger partial charge in [0.25, 0.3) is 0 Å². The summed E-state index contributed by atoms with van der Waals surface area (Å²) in [6.45, 7) is 1.73. The van der Waals surface area contributed by atoms with E-state index in [2.05, 4.69) is 5.32 Å². The molecule has 0 aliphatic carbocycles. The Hall–Kier alpha value is -1.43. The highest BCUT2D eigenvalue weighted by atomic mass is 32.2. The predicted molar refractivity (Wildman–Crippen MR) is 74.5 cm³/mol. The van der Waals surface area contributed by atoms with Gasteiger partial charge in [-0.2, -0.15) is 0 Å². The Morgan fingerprint density at radius 1 is 1.40 bits per heavy atom. The fraction of sp³-hybridized carbons (Fsp3) is 0.500. The van der Waals surface area contributed by atoms with Crippen molar-refractivity contribution < 1.29 is 17.6 Å². The van der Waals surface area contributed by atoms with E-state index in [4.69, 9.17) is 0 Å². The van der Waals surface area contributed by atoms with Gasteiger partial charge in [0, 0.05) is 6.42 Å². The lowest BCUT2D eigenvalue weighted by Crippen LogP contribution is -2.47. The number of amides is 1. The molecule has 2 rings (SSSR count). The zero-order valence-corrected chi connectivity index (χ0v) is 12.2. The van der Waals surface area contributed by atoms with Gasteiger partial charge in [0.1, 0.15) is 5.82 Å². The van der Waals surface area contributed by atoms with Crippen LogP contribution in [0.4, 0.5) is 4.39 Å². The Bertz CT molecular complexity index is 615. The highest BCUT2D eigenvalue weighted by Crippen LogP contribution is 2.23. The van der Waals surface area contributed by atoms with Crippen molar-refractivity contribution in [2.45, 2.75) is 31.7 Å². The number of carbonyl (C=O) groups excluding carboxylic acids is 1. The van der Waals surface area contributed by atoms with Crippen LogP contribution in [0.5, 0.6) is 0 Å². The van der Waals surface area contributed by atoms with Crippen LogP contribution in [0.2, 0.25) is 0 Å². The molecular formula is C14H18FNO3S. The van der Waals surface area contributed by atoms with Gasteiger partial charge in [-0.1, -0.05) is 18.2 Å². The molecular weight excluding hydrogens is 281 g/mol. The Balaban J connectivity index is 1.89. The molecule has 1 amide bonds. The number of sulfone groups is 1. The fourth-order valence-corrected chi connectivity index (χ4v) is 4.55. The van der Waals surface area contributed by atoms with Gasteiger partial charge in [0.05, 0.1) is 17.0 Å². The minimum absolute atomic E-state index is 0.0224. The lowest BCUT2D eigenvalue weighted by molar-refractivity contribution is -0.122. The first-order valence-corrected chi connectivity index (χ1v) is 8.37. The van der Waals surface area contributed by atoms with Crippen molar-refractivity contribution in [2.75, 3.05) is 11.5 Å². The van der Waals surface area contributed by atoms with Gasteiger partial charge in [-0.3, -0.25) is 4.79 Å². The first kappa shape index (κ1) is 15.0. The summed E-state index contributed by atoms with van der Waals surface area (Å²) < 4.78 is 36.3. The summed E-state index contributed by atoms with van der Waals surface area (Å²) in [7, 11) is -3.05. The predicted octanol–water partition coefficient (Wildman–Crippen LogP) is 1.45. The number of aryl methyl sites for hydroxylation is 1. The van der Waals surface area contributed by atoms with Crippen molar-refractivity contribution in [3.05, 3.63) is 35.6 Å². The topological polar surface area (TPSA) is 63.2 Å². The van der Waals surface area contributed by atoms with E-state index in [0.29, 0.717) is 18.4 Å². The van der Waals surface area contributed by atoms with Crippen molar-refractivity contribution in [3.8, 4) is 0 Å². The molecule has 0 aromatic heterocycles. The molecule has 1 aliphatic rings. The van der Waals surface area contributed by atoms with Crippen LogP contribution < -0.4 is 5.32 Å². The molecule has 6 heteroatoms. The van der Waals surface area contributed by atoms with E-state index in [1.165, 1.54) is 6.07 Å². The highest BCUT2D eigenvalue weighted by molar-refractivity contribution is 7.91. The largest absolute Gasteiger partial charge is 0.350 e. The first-order chi connectivity index (χ1) is 9.30. The lowest BCUT2D eigenvalue weighted by Gasteiger charge is -2.23. The molecule has 1 saturated heterocycles. The van der Waals surface area contributed by atoms with Crippen LogP contribution in [0.15, 0.2) is 24.3 Å². The van der Waals surface area contributed by atoms with Crippen LogP contribution >= 0.6 is 0 Å². The lowest BCUT2D eigenvalue weighted by atomic mass is 10.0. The molecule has 4 nitrogen and oxygen atoms in total.